The minimum atomic E-state index is 0.503. The SMILES string of the molecule is c1sc(C2CCOCC2)nc1-c1nc(N2CCNCC2)no1. The molecule has 2 saturated heterocycles. The highest BCUT2D eigenvalue weighted by molar-refractivity contribution is 7.10. The summed E-state index contributed by atoms with van der Waals surface area (Å²) in [6.45, 7) is 5.37. The second kappa shape index (κ2) is 6.31. The first-order valence-corrected chi connectivity index (χ1v) is 8.61. The smallest absolute Gasteiger partial charge is 0.278 e. The third-order valence-corrected chi connectivity index (χ3v) is 5.13. The van der Waals surface area contributed by atoms with Crippen molar-refractivity contribution in [3.05, 3.63) is 10.4 Å². The summed E-state index contributed by atoms with van der Waals surface area (Å²) in [6, 6.07) is 0. The molecule has 0 saturated carbocycles. The Morgan fingerprint density at radius 3 is 2.82 bits per heavy atom. The highest BCUT2D eigenvalue weighted by atomic mass is 32.1. The number of thiazole rings is 1. The predicted molar refractivity (Wildman–Crippen MR) is 83.3 cm³/mol. The minimum absolute atomic E-state index is 0.503. The van der Waals surface area contributed by atoms with Crippen LogP contribution in [0.1, 0.15) is 23.8 Å². The fraction of sp³-hybridized carbons (Fsp3) is 0.643. The van der Waals surface area contributed by atoms with E-state index in [0.717, 1.165) is 62.9 Å². The Kier molecular flexibility index (Phi) is 4.05. The molecule has 2 aromatic rings. The zero-order valence-electron chi connectivity index (χ0n) is 12.3. The summed E-state index contributed by atoms with van der Waals surface area (Å²) in [5.74, 6) is 1.68. The molecule has 2 aromatic heterocycles. The highest BCUT2D eigenvalue weighted by Gasteiger charge is 2.22. The molecular weight excluding hydrogens is 302 g/mol. The summed E-state index contributed by atoms with van der Waals surface area (Å²) in [5, 5.41) is 10.6. The van der Waals surface area contributed by atoms with E-state index in [9.17, 15) is 0 Å². The average Bonchev–Trinajstić information content (AvgIpc) is 3.26. The summed E-state index contributed by atoms with van der Waals surface area (Å²) in [4.78, 5) is 11.3. The number of rotatable bonds is 3. The van der Waals surface area contributed by atoms with Crippen LogP contribution in [0.25, 0.3) is 11.6 Å². The van der Waals surface area contributed by atoms with E-state index in [0.29, 0.717) is 17.8 Å². The maximum Gasteiger partial charge on any atom is 0.278 e. The largest absolute Gasteiger partial charge is 0.381 e. The lowest BCUT2D eigenvalue weighted by molar-refractivity contribution is 0.0853. The van der Waals surface area contributed by atoms with E-state index in [2.05, 4.69) is 20.4 Å². The Labute approximate surface area is 132 Å². The minimum Gasteiger partial charge on any atom is -0.381 e. The molecule has 0 radical (unpaired) electrons. The summed E-state index contributed by atoms with van der Waals surface area (Å²) in [7, 11) is 0. The van der Waals surface area contributed by atoms with Crippen LogP contribution in [0.5, 0.6) is 0 Å². The van der Waals surface area contributed by atoms with Crippen molar-refractivity contribution in [2.75, 3.05) is 44.3 Å². The maximum atomic E-state index is 5.41. The molecule has 2 fully saturated rings. The normalized spacial score (nSPS) is 20.5. The second-order valence-electron chi connectivity index (χ2n) is 5.59. The van der Waals surface area contributed by atoms with Gasteiger partial charge < -0.3 is 19.5 Å². The van der Waals surface area contributed by atoms with Gasteiger partial charge >= 0.3 is 0 Å². The number of hydrogen-bond acceptors (Lipinski definition) is 8. The third kappa shape index (κ3) is 2.86. The number of hydrogen-bond donors (Lipinski definition) is 1. The molecular formula is C14H19N5O2S. The predicted octanol–water partition coefficient (Wildman–Crippen LogP) is 1.50. The topological polar surface area (TPSA) is 76.3 Å². The Morgan fingerprint density at radius 2 is 2.00 bits per heavy atom. The van der Waals surface area contributed by atoms with Gasteiger partial charge in [-0.1, -0.05) is 0 Å². The zero-order chi connectivity index (χ0) is 14.8. The molecule has 0 unspecified atom stereocenters. The van der Waals surface area contributed by atoms with Crippen LogP contribution in [0.3, 0.4) is 0 Å². The van der Waals surface area contributed by atoms with Gasteiger partial charge in [-0.05, 0) is 18.0 Å². The summed E-state index contributed by atoms with van der Waals surface area (Å²) < 4.78 is 10.8. The molecule has 0 aromatic carbocycles. The molecule has 2 aliphatic heterocycles. The summed E-state index contributed by atoms with van der Waals surface area (Å²) in [6.07, 6.45) is 2.09. The van der Waals surface area contributed by atoms with Crippen LogP contribution in [-0.2, 0) is 4.74 Å². The van der Waals surface area contributed by atoms with E-state index in [4.69, 9.17) is 14.2 Å². The molecule has 0 spiro atoms. The van der Waals surface area contributed by atoms with Crippen LogP contribution < -0.4 is 10.2 Å². The van der Waals surface area contributed by atoms with Crippen molar-refractivity contribution < 1.29 is 9.26 Å². The van der Waals surface area contributed by atoms with Crippen molar-refractivity contribution in [3.63, 3.8) is 0 Å². The number of anilines is 1. The van der Waals surface area contributed by atoms with Gasteiger partial charge in [0.1, 0.15) is 5.69 Å². The van der Waals surface area contributed by atoms with Gasteiger partial charge in [0.25, 0.3) is 11.8 Å². The molecule has 7 nitrogen and oxygen atoms in total. The molecule has 0 aliphatic carbocycles. The van der Waals surface area contributed by atoms with Gasteiger partial charge in [-0.3, -0.25) is 0 Å². The third-order valence-electron chi connectivity index (χ3n) is 4.13. The lowest BCUT2D eigenvalue weighted by Gasteiger charge is -2.25. The first-order valence-electron chi connectivity index (χ1n) is 7.73. The molecule has 0 atom stereocenters. The van der Waals surface area contributed by atoms with Crippen LogP contribution >= 0.6 is 11.3 Å². The number of nitrogens with one attached hydrogen (secondary N) is 1. The number of nitrogens with zero attached hydrogens (tertiary/aromatic N) is 4. The monoisotopic (exact) mass is 321 g/mol. The van der Waals surface area contributed by atoms with Gasteiger partial charge in [-0.25, -0.2) is 4.98 Å². The average molecular weight is 321 g/mol. The summed E-state index contributed by atoms with van der Waals surface area (Å²) >= 11 is 1.68. The Hall–Kier alpha value is -1.51. The van der Waals surface area contributed by atoms with Crippen molar-refractivity contribution in [2.24, 2.45) is 0 Å². The van der Waals surface area contributed by atoms with Crippen LogP contribution in [-0.4, -0.2) is 54.5 Å². The second-order valence-corrected chi connectivity index (χ2v) is 6.48. The molecule has 22 heavy (non-hydrogen) atoms. The van der Waals surface area contributed by atoms with E-state index in [1.165, 1.54) is 0 Å². The Bertz CT molecular complexity index is 562. The summed E-state index contributed by atoms with van der Waals surface area (Å²) in [5.41, 5.74) is 0.792. The number of aromatic nitrogens is 3. The van der Waals surface area contributed by atoms with Gasteiger partial charge in [-0.2, -0.15) is 4.98 Å². The molecule has 2 aliphatic rings. The fourth-order valence-electron chi connectivity index (χ4n) is 2.83. The standard InChI is InChI=1S/C14H19N5O2S/c1-7-20-8-2-10(1)13-16-11(9-22-13)12-17-14(18-21-12)19-5-3-15-4-6-19/h9-10,15H,1-8H2. The Morgan fingerprint density at radius 1 is 1.18 bits per heavy atom. The van der Waals surface area contributed by atoms with Gasteiger partial charge in [0.2, 0.25) is 0 Å². The Balaban J connectivity index is 1.50. The molecule has 118 valence electrons. The van der Waals surface area contributed by atoms with Gasteiger partial charge in [0.15, 0.2) is 0 Å². The molecule has 8 heteroatoms. The molecule has 1 N–H and O–H groups in total. The van der Waals surface area contributed by atoms with Crippen LogP contribution in [0, 0.1) is 0 Å². The van der Waals surface area contributed by atoms with Gasteiger partial charge in [0, 0.05) is 50.7 Å². The van der Waals surface area contributed by atoms with Crippen molar-refractivity contribution >= 4 is 17.3 Å². The quantitative estimate of drug-likeness (QED) is 0.918. The molecule has 0 bridgehead atoms. The lowest BCUT2D eigenvalue weighted by Crippen LogP contribution is -2.44. The van der Waals surface area contributed by atoms with Crippen LogP contribution in [0.4, 0.5) is 5.95 Å². The van der Waals surface area contributed by atoms with Gasteiger partial charge in [-0.15, -0.1) is 11.3 Å². The number of ether oxygens (including phenoxy) is 1. The van der Waals surface area contributed by atoms with Crippen molar-refractivity contribution in [1.29, 1.82) is 0 Å². The lowest BCUT2D eigenvalue weighted by atomic mass is 10.0. The molecule has 0 amide bonds. The van der Waals surface area contributed by atoms with E-state index < -0.39 is 0 Å². The van der Waals surface area contributed by atoms with Crippen molar-refractivity contribution in [1.82, 2.24) is 20.4 Å². The van der Waals surface area contributed by atoms with E-state index in [1.807, 2.05) is 5.38 Å². The molecule has 4 heterocycles. The molecule has 4 rings (SSSR count). The van der Waals surface area contributed by atoms with Crippen LogP contribution in [0.2, 0.25) is 0 Å². The van der Waals surface area contributed by atoms with E-state index in [-0.39, 0.29) is 0 Å². The van der Waals surface area contributed by atoms with E-state index in [1.54, 1.807) is 11.3 Å². The van der Waals surface area contributed by atoms with Crippen LogP contribution in [0.15, 0.2) is 9.90 Å². The fourth-order valence-corrected chi connectivity index (χ4v) is 3.80. The van der Waals surface area contributed by atoms with Crippen molar-refractivity contribution in [2.45, 2.75) is 18.8 Å². The first kappa shape index (κ1) is 14.1. The van der Waals surface area contributed by atoms with Crippen molar-refractivity contribution in [3.8, 4) is 11.6 Å². The first-order chi connectivity index (χ1) is 10.9. The maximum absolute atomic E-state index is 5.41. The van der Waals surface area contributed by atoms with Gasteiger partial charge in [0.05, 0.1) is 5.01 Å². The highest BCUT2D eigenvalue weighted by Crippen LogP contribution is 2.32. The van der Waals surface area contributed by atoms with E-state index >= 15 is 0 Å². The number of piperazine rings is 1. The zero-order valence-corrected chi connectivity index (χ0v) is 13.1.